The molecule has 0 rings (SSSR count). The van der Waals surface area contributed by atoms with Gasteiger partial charge in [-0.05, 0) is 19.3 Å². The molecule has 334 valence electrons. The zero-order valence-corrected chi connectivity index (χ0v) is 37.7. The molecule has 4 atom stereocenters. The molecule has 0 aromatic carbocycles. The van der Waals surface area contributed by atoms with Crippen molar-refractivity contribution in [3.63, 3.8) is 0 Å². The second-order valence-electron chi connectivity index (χ2n) is 16.5. The number of nitrogens with two attached hydrogens (primary N) is 1. The number of allylic oxidation sites excluding steroid dienone is 1. The Morgan fingerprint density at radius 2 is 0.982 bits per heavy atom. The molecule has 0 saturated carbocycles. The summed E-state index contributed by atoms with van der Waals surface area (Å²) in [6.45, 7) is 4.00. The normalized spacial score (nSPS) is 14.6. The predicted molar refractivity (Wildman–Crippen MR) is 237 cm³/mol. The molecule has 0 aliphatic heterocycles. The Labute approximate surface area is 346 Å². The van der Waals surface area contributed by atoms with Crippen molar-refractivity contribution >= 4 is 13.7 Å². The third kappa shape index (κ3) is 40.0. The number of nitrogens with one attached hydrogen (secondary N) is 1. The Balaban J connectivity index is 4.22. The van der Waals surface area contributed by atoms with Gasteiger partial charge in [0, 0.05) is 6.54 Å². The van der Waals surface area contributed by atoms with Gasteiger partial charge in [0.1, 0.15) is 0 Å². The molecule has 0 radical (unpaired) electrons. The molecule has 10 heteroatoms. The Kier molecular flexibility index (Phi) is 41.7. The van der Waals surface area contributed by atoms with Gasteiger partial charge in [-0.2, -0.15) is 0 Å². The zero-order valence-electron chi connectivity index (χ0n) is 36.8. The molecule has 56 heavy (non-hydrogen) atoms. The number of carbonyl (C=O) groups is 1. The lowest BCUT2D eigenvalue weighted by atomic mass is 10.0. The average Bonchev–Trinajstić information content (AvgIpc) is 3.17. The van der Waals surface area contributed by atoms with Gasteiger partial charge < -0.3 is 26.2 Å². The van der Waals surface area contributed by atoms with Crippen LogP contribution in [0.3, 0.4) is 0 Å². The lowest BCUT2D eigenvalue weighted by molar-refractivity contribution is -0.124. The van der Waals surface area contributed by atoms with E-state index in [1.807, 2.05) is 6.08 Å². The van der Waals surface area contributed by atoms with E-state index in [1.165, 1.54) is 173 Å². The molecular weight excluding hydrogens is 723 g/mol. The maximum atomic E-state index is 12.8. The summed E-state index contributed by atoms with van der Waals surface area (Å²) in [5.74, 6) is -0.441. The molecule has 0 spiro atoms. The highest BCUT2D eigenvalue weighted by Gasteiger charge is 2.27. The van der Waals surface area contributed by atoms with Crippen molar-refractivity contribution in [2.75, 3.05) is 19.8 Å². The SMILES string of the molecule is CCCCCCCCCCCCCCCC/C=C/C(O)C(COP(=O)(O)OCCN)NC(=O)CC(O)CCCCCCCCCCCCCCCCCCCC. The van der Waals surface area contributed by atoms with Crippen LogP contribution in [-0.4, -0.2) is 59.0 Å². The molecule has 0 heterocycles. The van der Waals surface area contributed by atoms with Crippen LogP contribution in [0.15, 0.2) is 12.2 Å². The van der Waals surface area contributed by atoms with Gasteiger partial charge in [0.15, 0.2) is 0 Å². The van der Waals surface area contributed by atoms with Gasteiger partial charge in [0.2, 0.25) is 5.91 Å². The number of aliphatic hydroxyl groups is 2. The molecular formula is C46H93N2O7P. The van der Waals surface area contributed by atoms with Crippen molar-refractivity contribution in [2.24, 2.45) is 5.73 Å². The van der Waals surface area contributed by atoms with E-state index in [1.54, 1.807) is 6.08 Å². The first kappa shape index (κ1) is 55.2. The van der Waals surface area contributed by atoms with Crippen LogP contribution in [0, 0.1) is 0 Å². The van der Waals surface area contributed by atoms with Crippen LogP contribution in [0.4, 0.5) is 0 Å². The summed E-state index contributed by atoms with van der Waals surface area (Å²) in [6.07, 6.45) is 44.4. The smallest absolute Gasteiger partial charge is 0.393 e. The fourth-order valence-corrected chi connectivity index (χ4v) is 8.06. The summed E-state index contributed by atoms with van der Waals surface area (Å²) in [5, 5.41) is 24.1. The minimum atomic E-state index is -4.40. The van der Waals surface area contributed by atoms with E-state index >= 15 is 0 Å². The van der Waals surface area contributed by atoms with Crippen molar-refractivity contribution in [1.29, 1.82) is 0 Å². The first-order valence-electron chi connectivity index (χ1n) is 23.9. The number of rotatable bonds is 45. The van der Waals surface area contributed by atoms with Crippen molar-refractivity contribution in [3.05, 3.63) is 12.2 Å². The maximum absolute atomic E-state index is 12.8. The van der Waals surface area contributed by atoms with Gasteiger partial charge in [0.25, 0.3) is 0 Å². The molecule has 6 N–H and O–H groups in total. The van der Waals surface area contributed by atoms with Crippen LogP contribution in [0.5, 0.6) is 0 Å². The van der Waals surface area contributed by atoms with E-state index in [0.29, 0.717) is 6.42 Å². The first-order valence-corrected chi connectivity index (χ1v) is 25.4. The maximum Gasteiger partial charge on any atom is 0.472 e. The largest absolute Gasteiger partial charge is 0.472 e. The fraction of sp³-hybridized carbons (Fsp3) is 0.935. The van der Waals surface area contributed by atoms with E-state index < -0.39 is 38.6 Å². The molecule has 0 aromatic rings. The van der Waals surface area contributed by atoms with Crippen molar-refractivity contribution in [2.45, 2.75) is 257 Å². The van der Waals surface area contributed by atoms with Crippen molar-refractivity contribution in [1.82, 2.24) is 5.32 Å². The Hall–Kier alpha value is -0.800. The van der Waals surface area contributed by atoms with Crippen molar-refractivity contribution < 1.29 is 33.5 Å². The Bertz CT molecular complexity index is 909. The molecule has 0 aliphatic rings. The number of hydrogen-bond donors (Lipinski definition) is 5. The Morgan fingerprint density at radius 3 is 1.38 bits per heavy atom. The second kappa shape index (κ2) is 42.3. The average molecular weight is 817 g/mol. The number of amides is 1. The summed E-state index contributed by atoms with van der Waals surface area (Å²) in [6, 6.07) is -0.977. The first-order chi connectivity index (χ1) is 27.3. The fourth-order valence-electron chi connectivity index (χ4n) is 7.30. The number of unbranched alkanes of at least 4 members (excludes halogenated alkanes) is 31. The third-order valence-corrected chi connectivity index (χ3v) is 11.9. The molecule has 0 fully saturated rings. The minimum absolute atomic E-state index is 0.0516. The highest BCUT2D eigenvalue weighted by Crippen LogP contribution is 2.43. The van der Waals surface area contributed by atoms with E-state index in [2.05, 4.69) is 19.2 Å². The van der Waals surface area contributed by atoms with E-state index in [4.69, 9.17) is 14.8 Å². The summed E-state index contributed by atoms with van der Waals surface area (Å²) in [7, 11) is -4.40. The number of phosphoric acid groups is 1. The number of carbonyl (C=O) groups excluding carboxylic acids is 1. The van der Waals surface area contributed by atoms with Gasteiger partial charge in [-0.15, -0.1) is 0 Å². The van der Waals surface area contributed by atoms with E-state index in [0.717, 1.165) is 38.5 Å². The molecule has 1 amide bonds. The topological polar surface area (TPSA) is 151 Å². The van der Waals surface area contributed by atoms with Gasteiger partial charge >= 0.3 is 7.82 Å². The molecule has 9 nitrogen and oxygen atoms in total. The van der Waals surface area contributed by atoms with Crippen LogP contribution in [0.1, 0.15) is 239 Å². The van der Waals surface area contributed by atoms with Gasteiger partial charge in [-0.1, -0.05) is 225 Å². The number of phosphoric ester groups is 1. The molecule has 0 aliphatic carbocycles. The molecule has 4 unspecified atom stereocenters. The highest BCUT2D eigenvalue weighted by molar-refractivity contribution is 7.47. The lowest BCUT2D eigenvalue weighted by Gasteiger charge is -2.24. The minimum Gasteiger partial charge on any atom is -0.393 e. The van der Waals surface area contributed by atoms with Crippen LogP contribution in [0.25, 0.3) is 0 Å². The highest BCUT2D eigenvalue weighted by atomic mass is 31.2. The Morgan fingerprint density at radius 1 is 0.607 bits per heavy atom. The standard InChI is InChI=1S/C46H93N2O7P/c1-3-5-7-9-11-13-15-17-19-21-22-23-25-27-29-31-33-35-37-43(49)41-46(51)48-44(42-55-56(52,53)54-40-39-47)45(50)38-36-34-32-30-28-26-24-20-18-16-14-12-10-8-6-4-2/h36,38,43-45,49-50H,3-35,37,39-42,47H2,1-2H3,(H,48,51)(H,52,53)/b38-36+. The quantitative estimate of drug-likeness (QED) is 0.0231. The summed E-state index contributed by atoms with van der Waals surface area (Å²) in [4.78, 5) is 22.8. The predicted octanol–water partition coefficient (Wildman–Crippen LogP) is 12.5. The van der Waals surface area contributed by atoms with E-state index in [9.17, 15) is 24.5 Å². The summed E-state index contributed by atoms with van der Waals surface area (Å²) in [5.41, 5.74) is 5.37. The van der Waals surface area contributed by atoms with Crippen LogP contribution < -0.4 is 11.1 Å². The van der Waals surface area contributed by atoms with Crippen LogP contribution in [0.2, 0.25) is 0 Å². The molecule has 0 bridgehead atoms. The summed E-state index contributed by atoms with van der Waals surface area (Å²) < 4.78 is 22.1. The second-order valence-corrected chi connectivity index (χ2v) is 18.0. The third-order valence-electron chi connectivity index (χ3n) is 10.9. The summed E-state index contributed by atoms with van der Waals surface area (Å²) >= 11 is 0. The van der Waals surface area contributed by atoms with Crippen LogP contribution in [-0.2, 0) is 18.4 Å². The number of hydrogen-bond acceptors (Lipinski definition) is 7. The van der Waals surface area contributed by atoms with Gasteiger partial charge in [-0.3, -0.25) is 13.8 Å². The van der Waals surface area contributed by atoms with Crippen LogP contribution >= 0.6 is 7.82 Å². The number of aliphatic hydroxyl groups excluding tert-OH is 2. The van der Waals surface area contributed by atoms with Crippen molar-refractivity contribution in [3.8, 4) is 0 Å². The molecule has 0 saturated heterocycles. The van der Waals surface area contributed by atoms with Gasteiger partial charge in [-0.25, -0.2) is 4.57 Å². The lowest BCUT2D eigenvalue weighted by Crippen LogP contribution is -2.46. The monoisotopic (exact) mass is 817 g/mol. The molecule has 0 aromatic heterocycles. The van der Waals surface area contributed by atoms with Gasteiger partial charge in [0.05, 0.1) is 37.9 Å². The zero-order chi connectivity index (χ0) is 41.2. The van der Waals surface area contributed by atoms with E-state index in [-0.39, 0.29) is 19.6 Å².